The summed E-state index contributed by atoms with van der Waals surface area (Å²) in [5.41, 5.74) is 1.51. The van der Waals surface area contributed by atoms with Gasteiger partial charge >= 0.3 is 0 Å². The molecule has 1 aliphatic heterocycles. The fraction of sp³-hybridized carbons (Fsp3) is 0.286. The smallest absolute Gasteiger partial charge is 0.264 e. The zero-order valence-corrected chi connectivity index (χ0v) is 22.9. The Hall–Kier alpha value is -4.25. The molecule has 10 nitrogen and oxygen atoms in total. The van der Waals surface area contributed by atoms with E-state index < -0.39 is 22.5 Å². The van der Waals surface area contributed by atoms with Gasteiger partial charge in [-0.2, -0.15) is 0 Å². The number of ether oxygens (including phenoxy) is 3. The summed E-state index contributed by atoms with van der Waals surface area (Å²) in [7, 11) is -1.33. The van der Waals surface area contributed by atoms with Crippen molar-refractivity contribution in [2.75, 3.05) is 48.4 Å². The molecule has 3 aromatic carbocycles. The second-order valence-electron chi connectivity index (χ2n) is 8.70. The van der Waals surface area contributed by atoms with Crippen molar-refractivity contribution in [3.8, 4) is 17.2 Å². The lowest BCUT2D eigenvalue weighted by atomic mass is 10.2. The van der Waals surface area contributed by atoms with Gasteiger partial charge in [-0.25, -0.2) is 8.42 Å². The lowest BCUT2D eigenvalue weighted by Crippen LogP contribution is -2.38. The molecule has 2 amide bonds. The van der Waals surface area contributed by atoms with E-state index in [1.165, 1.54) is 32.4 Å². The second kappa shape index (κ2) is 12.1. The van der Waals surface area contributed by atoms with E-state index >= 15 is 0 Å². The third-order valence-corrected chi connectivity index (χ3v) is 7.97. The van der Waals surface area contributed by atoms with Crippen LogP contribution < -0.4 is 28.7 Å². The van der Waals surface area contributed by atoms with Gasteiger partial charge in [-0.15, -0.1) is 0 Å². The Labute approximate surface area is 228 Å². The van der Waals surface area contributed by atoms with Crippen molar-refractivity contribution in [2.24, 2.45) is 0 Å². The van der Waals surface area contributed by atoms with Crippen molar-refractivity contribution in [1.29, 1.82) is 0 Å². The van der Waals surface area contributed by atoms with E-state index in [4.69, 9.17) is 14.2 Å². The standard InChI is InChI=1S/C28H31N3O7S/c1-4-38-23-13-11-22(12-14-23)31(39(34,35)24-15-16-25(36-2)26(18-24)37-3)19-27(32)29-20-7-9-21(10-8-20)30-17-5-6-28(30)33/h7-16,18H,4-6,17,19H2,1-3H3,(H,29,32). The molecular weight excluding hydrogens is 522 g/mol. The Balaban J connectivity index is 1.60. The first kappa shape index (κ1) is 27.8. The summed E-state index contributed by atoms with van der Waals surface area (Å²) in [6, 6.07) is 17.6. The van der Waals surface area contributed by atoms with Gasteiger partial charge in [-0.1, -0.05) is 0 Å². The molecule has 0 aliphatic carbocycles. The maximum atomic E-state index is 13.8. The molecule has 206 valence electrons. The van der Waals surface area contributed by atoms with Crippen LogP contribution in [0.5, 0.6) is 17.2 Å². The van der Waals surface area contributed by atoms with Gasteiger partial charge < -0.3 is 24.4 Å². The van der Waals surface area contributed by atoms with E-state index in [2.05, 4.69) is 5.32 Å². The number of carbonyl (C=O) groups excluding carboxylic acids is 2. The Morgan fingerprint density at radius 1 is 0.974 bits per heavy atom. The number of hydrogen-bond donors (Lipinski definition) is 1. The highest BCUT2D eigenvalue weighted by atomic mass is 32.2. The Kier molecular flexibility index (Phi) is 8.60. The van der Waals surface area contributed by atoms with Crippen LogP contribution in [-0.4, -0.2) is 54.1 Å². The SMILES string of the molecule is CCOc1ccc(N(CC(=O)Nc2ccc(N3CCCC3=O)cc2)S(=O)(=O)c2ccc(OC)c(OC)c2)cc1. The Morgan fingerprint density at radius 3 is 2.26 bits per heavy atom. The fourth-order valence-electron chi connectivity index (χ4n) is 4.27. The monoisotopic (exact) mass is 553 g/mol. The van der Waals surface area contributed by atoms with Gasteiger partial charge in [-0.3, -0.25) is 13.9 Å². The molecule has 0 bridgehead atoms. The van der Waals surface area contributed by atoms with Crippen molar-refractivity contribution in [3.63, 3.8) is 0 Å². The minimum absolute atomic E-state index is 0.0677. The molecular formula is C28H31N3O7S. The maximum absolute atomic E-state index is 13.8. The zero-order valence-electron chi connectivity index (χ0n) is 22.0. The number of benzene rings is 3. The number of sulfonamides is 1. The molecule has 1 heterocycles. The first-order chi connectivity index (χ1) is 18.8. The molecule has 0 spiro atoms. The molecule has 3 aromatic rings. The topological polar surface area (TPSA) is 114 Å². The van der Waals surface area contributed by atoms with Crippen molar-refractivity contribution in [2.45, 2.75) is 24.7 Å². The minimum atomic E-state index is -4.20. The van der Waals surface area contributed by atoms with Crippen molar-refractivity contribution >= 4 is 38.9 Å². The lowest BCUT2D eigenvalue weighted by Gasteiger charge is -2.25. The van der Waals surface area contributed by atoms with Gasteiger partial charge in [0.1, 0.15) is 12.3 Å². The summed E-state index contributed by atoms with van der Waals surface area (Å²) in [6.45, 7) is 2.48. The summed E-state index contributed by atoms with van der Waals surface area (Å²) < 4.78 is 44.6. The van der Waals surface area contributed by atoms with Crippen LogP contribution >= 0.6 is 0 Å². The molecule has 0 aromatic heterocycles. The summed E-state index contributed by atoms with van der Waals surface area (Å²) >= 11 is 0. The largest absolute Gasteiger partial charge is 0.494 e. The highest BCUT2D eigenvalue weighted by Gasteiger charge is 2.29. The molecule has 0 atom stereocenters. The van der Waals surface area contributed by atoms with E-state index in [-0.39, 0.29) is 22.2 Å². The number of methoxy groups -OCH3 is 2. The average Bonchev–Trinajstić information content (AvgIpc) is 3.38. The van der Waals surface area contributed by atoms with Crippen LogP contribution in [0.25, 0.3) is 0 Å². The third-order valence-electron chi connectivity index (χ3n) is 6.20. The first-order valence-corrected chi connectivity index (χ1v) is 13.9. The molecule has 0 unspecified atom stereocenters. The number of carbonyl (C=O) groups is 2. The molecule has 1 N–H and O–H groups in total. The van der Waals surface area contributed by atoms with Crippen LogP contribution in [0.1, 0.15) is 19.8 Å². The van der Waals surface area contributed by atoms with Gasteiger partial charge in [0, 0.05) is 30.4 Å². The summed E-state index contributed by atoms with van der Waals surface area (Å²) in [4.78, 5) is 26.8. The number of anilines is 3. The second-order valence-corrected chi connectivity index (χ2v) is 10.6. The Bertz CT molecular complexity index is 1420. The van der Waals surface area contributed by atoms with E-state index in [0.29, 0.717) is 36.8 Å². The predicted molar refractivity (Wildman–Crippen MR) is 148 cm³/mol. The Morgan fingerprint density at radius 2 is 1.67 bits per heavy atom. The summed E-state index contributed by atoms with van der Waals surface area (Å²) in [6.07, 6.45) is 1.33. The number of hydrogen-bond acceptors (Lipinski definition) is 7. The van der Waals surface area contributed by atoms with E-state index in [9.17, 15) is 18.0 Å². The van der Waals surface area contributed by atoms with E-state index in [1.54, 1.807) is 53.4 Å². The molecule has 39 heavy (non-hydrogen) atoms. The molecule has 4 rings (SSSR count). The number of rotatable bonds is 11. The van der Waals surface area contributed by atoms with Crippen LogP contribution in [0, 0.1) is 0 Å². The van der Waals surface area contributed by atoms with Gasteiger partial charge in [0.05, 0.1) is 31.4 Å². The van der Waals surface area contributed by atoms with Gasteiger partial charge in [0.15, 0.2) is 11.5 Å². The first-order valence-electron chi connectivity index (χ1n) is 12.4. The quantitative estimate of drug-likeness (QED) is 0.381. The van der Waals surface area contributed by atoms with Crippen molar-refractivity contribution in [1.82, 2.24) is 0 Å². The van der Waals surface area contributed by atoms with Crippen molar-refractivity contribution < 1.29 is 32.2 Å². The molecule has 1 fully saturated rings. The van der Waals surface area contributed by atoms with Crippen LogP contribution in [0.15, 0.2) is 71.6 Å². The highest BCUT2D eigenvalue weighted by Crippen LogP contribution is 2.33. The summed E-state index contributed by atoms with van der Waals surface area (Å²) in [5, 5.41) is 2.75. The minimum Gasteiger partial charge on any atom is -0.494 e. The van der Waals surface area contributed by atoms with Gasteiger partial charge in [0.25, 0.3) is 10.0 Å². The van der Waals surface area contributed by atoms with E-state index in [1.807, 2.05) is 6.92 Å². The van der Waals surface area contributed by atoms with Gasteiger partial charge in [0.2, 0.25) is 11.8 Å². The van der Waals surface area contributed by atoms with Crippen LogP contribution in [0.2, 0.25) is 0 Å². The molecule has 1 saturated heterocycles. The fourth-order valence-corrected chi connectivity index (χ4v) is 5.71. The van der Waals surface area contributed by atoms with Crippen LogP contribution in [0.4, 0.5) is 17.1 Å². The van der Waals surface area contributed by atoms with Crippen LogP contribution in [-0.2, 0) is 19.6 Å². The number of amides is 2. The van der Waals surface area contributed by atoms with Crippen molar-refractivity contribution in [3.05, 3.63) is 66.7 Å². The van der Waals surface area contributed by atoms with E-state index in [0.717, 1.165) is 16.4 Å². The summed E-state index contributed by atoms with van der Waals surface area (Å²) in [5.74, 6) is 0.717. The third kappa shape index (κ3) is 6.26. The number of nitrogens with zero attached hydrogens (tertiary/aromatic N) is 2. The molecule has 1 aliphatic rings. The lowest BCUT2D eigenvalue weighted by molar-refractivity contribution is -0.117. The zero-order chi connectivity index (χ0) is 28.0. The maximum Gasteiger partial charge on any atom is 0.264 e. The normalized spacial score (nSPS) is 13.2. The molecule has 0 radical (unpaired) electrons. The molecule has 11 heteroatoms. The molecule has 0 saturated carbocycles. The highest BCUT2D eigenvalue weighted by molar-refractivity contribution is 7.92. The van der Waals surface area contributed by atoms with Gasteiger partial charge in [-0.05, 0) is 74.0 Å². The van der Waals surface area contributed by atoms with Crippen LogP contribution in [0.3, 0.4) is 0 Å². The predicted octanol–water partition coefficient (Wildman–Crippen LogP) is 4.06. The number of nitrogens with one attached hydrogen (secondary N) is 1. The average molecular weight is 554 g/mol.